The Morgan fingerprint density at radius 3 is 1.59 bits per heavy atom. The highest BCUT2D eigenvalue weighted by molar-refractivity contribution is 5.32. The van der Waals surface area contributed by atoms with Gasteiger partial charge in [0.1, 0.15) is 0 Å². The van der Waals surface area contributed by atoms with Crippen LogP contribution in [0.3, 0.4) is 0 Å². The zero-order valence-electron chi connectivity index (χ0n) is 12.5. The molecule has 0 saturated heterocycles. The Kier molecular flexibility index (Phi) is 4.06. The van der Waals surface area contributed by atoms with E-state index >= 15 is 0 Å². The van der Waals surface area contributed by atoms with Crippen LogP contribution in [0.2, 0.25) is 0 Å². The standard InChI is InChI=1S/C17H27/c1-13(14-11-9-8-10-12-14)15(16(2,3)4)17(5,6)7/h8-12,15H,1-7H3. The Balaban J connectivity index is 3.09. The summed E-state index contributed by atoms with van der Waals surface area (Å²) in [6.45, 7) is 16.3. The van der Waals surface area contributed by atoms with Crippen LogP contribution in [-0.4, -0.2) is 0 Å². The fraction of sp³-hybridized carbons (Fsp3) is 0.588. The zero-order chi connectivity index (χ0) is 13.3. The summed E-state index contributed by atoms with van der Waals surface area (Å²) in [5.74, 6) is 2.09. The monoisotopic (exact) mass is 231 g/mol. The molecular weight excluding hydrogens is 204 g/mol. The molecule has 0 aliphatic rings. The van der Waals surface area contributed by atoms with Crippen molar-refractivity contribution in [3.8, 4) is 0 Å². The van der Waals surface area contributed by atoms with Crippen molar-refractivity contribution in [1.82, 2.24) is 0 Å². The summed E-state index contributed by atoms with van der Waals surface area (Å²) in [5, 5.41) is 0. The van der Waals surface area contributed by atoms with E-state index in [9.17, 15) is 0 Å². The molecule has 0 N–H and O–H groups in total. The van der Waals surface area contributed by atoms with E-state index < -0.39 is 0 Å². The predicted octanol–water partition coefficient (Wildman–Crippen LogP) is 5.34. The topological polar surface area (TPSA) is 0 Å². The van der Waals surface area contributed by atoms with Crippen LogP contribution in [0, 0.1) is 22.7 Å². The van der Waals surface area contributed by atoms with E-state index in [1.165, 1.54) is 11.5 Å². The number of rotatable bonds is 2. The third-order valence-corrected chi connectivity index (χ3v) is 3.39. The summed E-state index contributed by atoms with van der Waals surface area (Å²) in [7, 11) is 0. The van der Waals surface area contributed by atoms with Gasteiger partial charge in [0.05, 0.1) is 0 Å². The van der Waals surface area contributed by atoms with Gasteiger partial charge >= 0.3 is 0 Å². The van der Waals surface area contributed by atoms with Crippen LogP contribution in [0.25, 0.3) is 0 Å². The minimum Gasteiger partial charge on any atom is -0.0622 e. The third kappa shape index (κ3) is 3.59. The molecule has 0 amide bonds. The van der Waals surface area contributed by atoms with Crippen molar-refractivity contribution in [2.75, 3.05) is 0 Å². The molecule has 0 heteroatoms. The van der Waals surface area contributed by atoms with E-state index in [2.05, 4.69) is 78.8 Å². The summed E-state index contributed by atoms with van der Waals surface area (Å²) in [6, 6.07) is 10.8. The summed E-state index contributed by atoms with van der Waals surface area (Å²) in [6.07, 6.45) is 0. The molecule has 0 atom stereocenters. The Morgan fingerprint density at radius 2 is 1.24 bits per heavy atom. The second-order valence-corrected chi connectivity index (χ2v) is 7.21. The van der Waals surface area contributed by atoms with Crippen molar-refractivity contribution in [3.05, 3.63) is 41.8 Å². The van der Waals surface area contributed by atoms with Crippen LogP contribution in [0.4, 0.5) is 0 Å². The molecule has 0 aromatic heterocycles. The van der Waals surface area contributed by atoms with Crippen LogP contribution < -0.4 is 0 Å². The SMILES string of the molecule is C[C](c1ccccc1)C(C(C)(C)C)C(C)(C)C. The molecule has 95 valence electrons. The largest absolute Gasteiger partial charge is 0.0622 e. The first kappa shape index (κ1) is 14.3. The van der Waals surface area contributed by atoms with Crippen LogP contribution in [0.5, 0.6) is 0 Å². The van der Waals surface area contributed by atoms with Gasteiger partial charge in [0.25, 0.3) is 0 Å². The van der Waals surface area contributed by atoms with Gasteiger partial charge in [-0.2, -0.15) is 0 Å². The number of hydrogen-bond donors (Lipinski definition) is 0. The minimum atomic E-state index is 0.290. The smallest absolute Gasteiger partial charge is 0.00601 e. The van der Waals surface area contributed by atoms with E-state index in [1.54, 1.807) is 0 Å². The van der Waals surface area contributed by atoms with Gasteiger partial charge in [0.2, 0.25) is 0 Å². The molecule has 0 saturated carbocycles. The van der Waals surface area contributed by atoms with Gasteiger partial charge in [-0.05, 0) is 22.3 Å². The Hall–Kier alpha value is -0.780. The maximum absolute atomic E-state index is 2.34. The molecule has 0 heterocycles. The molecule has 0 unspecified atom stereocenters. The quantitative estimate of drug-likeness (QED) is 0.644. The Morgan fingerprint density at radius 1 is 0.824 bits per heavy atom. The van der Waals surface area contributed by atoms with Crippen molar-refractivity contribution in [1.29, 1.82) is 0 Å². The lowest BCUT2D eigenvalue weighted by molar-refractivity contribution is 0.120. The molecular formula is C17H27. The first-order valence-electron chi connectivity index (χ1n) is 6.53. The first-order valence-corrected chi connectivity index (χ1v) is 6.53. The molecule has 17 heavy (non-hydrogen) atoms. The maximum atomic E-state index is 2.34. The lowest BCUT2D eigenvalue weighted by Crippen LogP contribution is -2.36. The lowest BCUT2D eigenvalue weighted by atomic mass is 9.60. The highest BCUT2D eigenvalue weighted by Gasteiger charge is 2.39. The van der Waals surface area contributed by atoms with Gasteiger partial charge in [-0.15, -0.1) is 0 Å². The Bertz CT molecular complexity index is 321. The van der Waals surface area contributed by atoms with Crippen LogP contribution in [0.1, 0.15) is 54.0 Å². The maximum Gasteiger partial charge on any atom is 0.00601 e. The highest BCUT2D eigenvalue weighted by Crippen LogP contribution is 2.47. The van der Waals surface area contributed by atoms with Crippen LogP contribution >= 0.6 is 0 Å². The summed E-state index contributed by atoms with van der Waals surface area (Å²) >= 11 is 0. The molecule has 0 bridgehead atoms. The second kappa shape index (κ2) is 4.84. The van der Waals surface area contributed by atoms with Crippen molar-refractivity contribution in [2.45, 2.75) is 48.5 Å². The number of hydrogen-bond acceptors (Lipinski definition) is 0. The normalized spacial score (nSPS) is 13.5. The minimum absolute atomic E-state index is 0.290. The molecule has 0 spiro atoms. The second-order valence-electron chi connectivity index (χ2n) is 7.21. The Labute approximate surface area is 107 Å². The average Bonchev–Trinajstić information content (AvgIpc) is 2.14. The lowest BCUT2D eigenvalue weighted by Gasteiger charge is -2.44. The van der Waals surface area contributed by atoms with E-state index in [4.69, 9.17) is 0 Å². The zero-order valence-corrected chi connectivity index (χ0v) is 12.5. The number of benzene rings is 1. The molecule has 1 rings (SSSR count). The molecule has 1 aromatic carbocycles. The van der Waals surface area contributed by atoms with Crippen molar-refractivity contribution >= 4 is 0 Å². The summed E-state index contributed by atoms with van der Waals surface area (Å²) < 4.78 is 0. The van der Waals surface area contributed by atoms with Crippen molar-refractivity contribution < 1.29 is 0 Å². The molecule has 0 aliphatic heterocycles. The van der Waals surface area contributed by atoms with Crippen LogP contribution in [-0.2, 0) is 0 Å². The molecule has 1 radical (unpaired) electrons. The first-order chi connectivity index (χ1) is 7.64. The van der Waals surface area contributed by atoms with Gasteiger partial charge in [-0.1, -0.05) is 78.8 Å². The van der Waals surface area contributed by atoms with E-state index in [0.29, 0.717) is 5.92 Å². The van der Waals surface area contributed by atoms with Gasteiger partial charge in [-0.3, -0.25) is 0 Å². The van der Waals surface area contributed by atoms with Gasteiger partial charge in [0.15, 0.2) is 0 Å². The fourth-order valence-electron chi connectivity index (χ4n) is 3.47. The predicted molar refractivity (Wildman–Crippen MR) is 76.9 cm³/mol. The van der Waals surface area contributed by atoms with Gasteiger partial charge in [0, 0.05) is 5.92 Å². The molecule has 0 aliphatic carbocycles. The van der Waals surface area contributed by atoms with Crippen LogP contribution in [0.15, 0.2) is 30.3 Å². The van der Waals surface area contributed by atoms with Crippen molar-refractivity contribution in [3.63, 3.8) is 0 Å². The van der Waals surface area contributed by atoms with Gasteiger partial charge in [-0.25, -0.2) is 0 Å². The fourth-order valence-corrected chi connectivity index (χ4v) is 3.47. The van der Waals surface area contributed by atoms with E-state index in [-0.39, 0.29) is 10.8 Å². The third-order valence-electron chi connectivity index (χ3n) is 3.39. The highest BCUT2D eigenvalue weighted by atomic mass is 14.4. The average molecular weight is 231 g/mol. The summed E-state index contributed by atoms with van der Waals surface area (Å²) in [4.78, 5) is 0. The molecule has 0 nitrogen and oxygen atoms in total. The van der Waals surface area contributed by atoms with Crippen molar-refractivity contribution in [2.24, 2.45) is 16.7 Å². The summed E-state index contributed by atoms with van der Waals surface area (Å²) in [5.41, 5.74) is 1.96. The van der Waals surface area contributed by atoms with Gasteiger partial charge < -0.3 is 0 Å². The van der Waals surface area contributed by atoms with E-state index in [0.717, 1.165) is 0 Å². The molecule has 0 fully saturated rings. The molecule has 1 aromatic rings. The van der Waals surface area contributed by atoms with E-state index in [1.807, 2.05) is 0 Å².